The number of nitrogens with one attached hydrogen (secondary N) is 1. The van der Waals surface area contributed by atoms with Crippen LogP contribution in [0.4, 0.5) is 0 Å². The fourth-order valence-corrected chi connectivity index (χ4v) is 4.35. The highest BCUT2D eigenvalue weighted by molar-refractivity contribution is 6.89. The molecule has 0 spiro atoms. The van der Waals surface area contributed by atoms with E-state index in [4.69, 9.17) is 5.73 Å². The van der Waals surface area contributed by atoms with Crippen molar-refractivity contribution in [2.45, 2.75) is 19.6 Å². The molecule has 3 nitrogen and oxygen atoms in total. The lowest BCUT2D eigenvalue weighted by atomic mass is 10.0. The second kappa shape index (κ2) is 5.14. The standard InChI is InChI=1S/C18H20N2OSi/c1-22(2,3)18-16(12-7-5-4-6-8-12)14-11-13(17(19)21)9-10-15(14)20-18/h4-11,20H,1-3H3,(H2,19,21). The number of fused-ring (bicyclic) bond motifs is 1. The van der Waals surface area contributed by atoms with Gasteiger partial charge in [-0.05, 0) is 23.8 Å². The molecule has 0 saturated heterocycles. The van der Waals surface area contributed by atoms with Crippen LogP contribution < -0.4 is 11.1 Å². The van der Waals surface area contributed by atoms with E-state index in [2.05, 4.69) is 36.8 Å². The number of hydrogen-bond donors (Lipinski definition) is 2. The lowest BCUT2D eigenvalue weighted by Crippen LogP contribution is -2.39. The van der Waals surface area contributed by atoms with Gasteiger partial charge < -0.3 is 10.7 Å². The van der Waals surface area contributed by atoms with E-state index < -0.39 is 14.0 Å². The number of carbonyl (C=O) groups is 1. The minimum absolute atomic E-state index is 0.392. The van der Waals surface area contributed by atoms with Gasteiger partial charge in [-0.15, -0.1) is 0 Å². The first-order chi connectivity index (χ1) is 10.4. The predicted molar refractivity (Wildman–Crippen MR) is 95.2 cm³/mol. The topological polar surface area (TPSA) is 58.9 Å². The highest BCUT2D eigenvalue weighted by Crippen LogP contribution is 2.30. The molecular weight excluding hydrogens is 288 g/mol. The maximum Gasteiger partial charge on any atom is 0.248 e. The molecule has 3 rings (SSSR count). The summed E-state index contributed by atoms with van der Waals surface area (Å²) in [6, 6.07) is 16.0. The molecule has 0 aliphatic rings. The van der Waals surface area contributed by atoms with Gasteiger partial charge >= 0.3 is 0 Å². The van der Waals surface area contributed by atoms with E-state index in [0.29, 0.717) is 5.56 Å². The van der Waals surface area contributed by atoms with Gasteiger partial charge in [0.1, 0.15) is 0 Å². The average molecular weight is 308 g/mol. The van der Waals surface area contributed by atoms with E-state index in [1.165, 1.54) is 16.4 Å². The second-order valence-electron chi connectivity index (χ2n) is 6.62. The minimum atomic E-state index is -1.56. The number of aromatic nitrogens is 1. The third-order valence-corrected chi connectivity index (χ3v) is 5.77. The molecule has 1 amide bonds. The van der Waals surface area contributed by atoms with E-state index in [9.17, 15) is 4.79 Å². The largest absolute Gasteiger partial charge is 0.366 e. The first-order valence-corrected chi connectivity index (χ1v) is 10.9. The maximum atomic E-state index is 11.5. The number of amides is 1. The van der Waals surface area contributed by atoms with Crippen LogP contribution in [0.15, 0.2) is 48.5 Å². The Morgan fingerprint density at radius 1 is 1.05 bits per heavy atom. The van der Waals surface area contributed by atoms with Crippen LogP contribution in [0.5, 0.6) is 0 Å². The van der Waals surface area contributed by atoms with Gasteiger partial charge in [-0.2, -0.15) is 0 Å². The van der Waals surface area contributed by atoms with Crippen molar-refractivity contribution >= 4 is 30.2 Å². The average Bonchev–Trinajstić information content (AvgIpc) is 2.86. The van der Waals surface area contributed by atoms with E-state index in [1.807, 2.05) is 30.3 Å². The third-order valence-electron chi connectivity index (χ3n) is 3.90. The van der Waals surface area contributed by atoms with Gasteiger partial charge in [0.2, 0.25) is 5.91 Å². The quantitative estimate of drug-likeness (QED) is 0.715. The molecule has 0 radical (unpaired) electrons. The number of primary amides is 1. The van der Waals surface area contributed by atoms with Crippen LogP contribution in [0.2, 0.25) is 19.6 Å². The van der Waals surface area contributed by atoms with Crippen LogP contribution in [-0.4, -0.2) is 19.0 Å². The summed E-state index contributed by atoms with van der Waals surface area (Å²) in [4.78, 5) is 15.1. The molecule has 4 heteroatoms. The van der Waals surface area contributed by atoms with Crippen molar-refractivity contribution in [3.8, 4) is 11.1 Å². The lowest BCUT2D eigenvalue weighted by Gasteiger charge is -2.17. The first kappa shape index (κ1) is 14.6. The Bertz CT molecular complexity index is 845. The molecule has 0 fully saturated rings. The molecule has 1 aromatic heterocycles. The van der Waals surface area contributed by atoms with Crippen molar-refractivity contribution in [3.05, 3.63) is 54.1 Å². The number of aromatic amines is 1. The number of nitrogens with two attached hydrogens (primary N) is 1. The Balaban J connectivity index is 2.38. The van der Waals surface area contributed by atoms with Gasteiger partial charge in [-0.3, -0.25) is 4.79 Å². The number of benzene rings is 2. The zero-order valence-corrected chi connectivity index (χ0v) is 14.1. The molecule has 2 aromatic carbocycles. The summed E-state index contributed by atoms with van der Waals surface area (Å²) in [5.74, 6) is -0.392. The van der Waals surface area contributed by atoms with Gasteiger partial charge in [0.05, 0.1) is 8.07 Å². The van der Waals surface area contributed by atoms with E-state index in [0.717, 1.165) is 10.9 Å². The number of rotatable bonds is 3. The minimum Gasteiger partial charge on any atom is -0.366 e. The van der Waals surface area contributed by atoms with Crippen molar-refractivity contribution in [2.75, 3.05) is 0 Å². The molecule has 22 heavy (non-hydrogen) atoms. The van der Waals surface area contributed by atoms with Crippen molar-refractivity contribution in [3.63, 3.8) is 0 Å². The highest BCUT2D eigenvalue weighted by Gasteiger charge is 2.25. The van der Waals surface area contributed by atoms with Crippen molar-refractivity contribution < 1.29 is 4.79 Å². The van der Waals surface area contributed by atoms with E-state index >= 15 is 0 Å². The summed E-state index contributed by atoms with van der Waals surface area (Å²) in [5, 5.41) is 2.37. The summed E-state index contributed by atoms with van der Waals surface area (Å²) in [7, 11) is -1.56. The van der Waals surface area contributed by atoms with Crippen LogP contribution in [0.3, 0.4) is 0 Å². The first-order valence-electron chi connectivity index (χ1n) is 7.39. The van der Waals surface area contributed by atoms with Gasteiger partial charge in [-0.1, -0.05) is 50.0 Å². The zero-order valence-electron chi connectivity index (χ0n) is 13.1. The van der Waals surface area contributed by atoms with Crippen LogP contribution in [0.25, 0.3) is 22.0 Å². The molecule has 0 aliphatic carbocycles. The molecular formula is C18H20N2OSi. The molecule has 0 aliphatic heterocycles. The predicted octanol–water partition coefficient (Wildman–Crippen LogP) is 3.48. The second-order valence-corrected chi connectivity index (χ2v) is 11.6. The molecule has 112 valence electrons. The van der Waals surface area contributed by atoms with Crippen molar-refractivity contribution in [2.24, 2.45) is 5.73 Å². The highest BCUT2D eigenvalue weighted by atomic mass is 28.3. The van der Waals surface area contributed by atoms with E-state index in [-0.39, 0.29) is 0 Å². The Hall–Kier alpha value is -2.33. The monoisotopic (exact) mass is 308 g/mol. The molecule has 3 N–H and O–H groups in total. The molecule has 1 heterocycles. The van der Waals surface area contributed by atoms with Crippen molar-refractivity contribution in [1.29, 1.82) is 0 Å². The molecule has 3 aromatic rings. The summed E-state index contributed by atoms with van der Waals surface area (Å²) in [6.07, 6.45) is 0. The number of hydrogen-bond acceptors (Lipinski definition) is 1. The van der Waals surface area contributed by atoms with Crippen LogP contribution >= 0.6 is 0 Å². The SMILES string of the molecule is C[Si](C)(C)c1[nH]c2ccc(C(N)=O)cc2c1-c1ccccc1. The van der Waals surface area contributed by atoms with Gasteiger partial charge in [0.15, 0.2) is 0 Å². The Labute approximate surface area is 131 Å². The fourth-order valence-electron chi connectivity index (χ4n) is 2.81. The number of carbonyl (C=O) groups excluding carboxylic acids is 1. The smallest absolute Gasteiger partial charge is 0.248 e. The summed E-state index contributed by atoms with van der Waals surface area (Å²) in [6.45, 7) is 6.96. The Kier molecular flexibility index (Phi) is 3.41. The third kappa shape index (κ3) is 2.46. The number of H-pyrrole nitrogens is 1. The Morgan fingerprint density at radius 3 is 2.32 bits per heavy atom. The molecule has 0 unspecified atom stereocenters. The van der Waals surface area contributed by atoms with Crippen LogP contribution in [-0.2, 0) is 0 Å². The maximum absolute atomic E-state index is 11.5. The zero-order chi connectivity index (χ0) is 15.9. The van der Waals surface area contributed by atoms with Crippen LogP contribution in [0, 0.1) is 0 Å². The fraction of sp³-hybridized carbons (Fsp3) is 0.167. The van der Waals surface area contributed by atoms with Crippen LogP contribution in [0.1, 0.15) is 10.4 Å². The molecule has 0 saturated carbocycles. The van der Waals surface area contributed by atoms with Gasteiger partial charge in [0.25, 0.3) is 0 Å². The summed E-state index contributed by atoms with van der Waals surface area (Å²) >= 11 is 0. The van der Waals surface area contributed by atoms with Gasteiger partial charge in [0, 0.05) is 27.3 Å². The lowest BCUT2D eigenvalue weighted by molar-refractivity contribution is 0.100. The summed E-state index contributed by atoms with van der Waals surface area (Å²) in [5.41, 5.74) is 9.43. The van der Waals surface area contributed by atoms with Crippen molar-refractivity contribution in [1.82, 2.24) is 4.98 Å². The molecule has 0 atom stereocenters. The van der Waals surface area contributed by atoms with E-state index in [1.54, 1.807) is 6.07 Å². The molecule has 0 bridgehead atoms. The Morgan fingerprint density at radius 2 is 1.73 bits per heavy atom. The van der Waals surface area contributed by atoms with Gasteiger partial charge in [-0.25, -0.2) is 0 Å². The normalized spacial score (nSPS) is 11.8. The summed E-state index contributed by atoms with van der Waals surface area (Å²) < 4.78 is 0.